The molecule has 0 spiro atoms. The van der Waals surface area contributed by atoms with Crippen LogP contribution in [0.4, 0.5) is 0 Å². The van der Waals surface area contributed by atoms with Crippen LogP contribution in [0.25, 0.3) is 0 Å². The Labute approximate surface area is 155 Å². The first-order valence-electron chi connectivity index (χ1n) is 9.46. The lowest BCUT2D eigenvalue weighted by Crippen LogP contribution is -2.47. The van der Waals surface area contributed by atoms with Gasteiger partial charge in [0.15, 0.2) is 0 Å². The van der Waals surface area contributed by atoms with Gasteiger partial charge < -0.3 is 14.5 Å². The maximum atomic E-state index is 13.3. The Hall–Kier alpha value is -2.33. The lowest BCUT2D eigenvalue weighted by atomic mass is 9.94. The maximum Gasteiger partial charge on any atom is 0.257 e. The molecule has 3 fully saturated rings. The van der Waals surface area contributed by atoms with Crippen molar-refractivity contribution in [2.45, 2.75) is 25.5 Å². The second-order valence-corrected chi connectivity index (χ2v) is 7.55. The molecule has 5 rings (SSSR count). The van der Waals surface area contributed by atoms with Crippen LogP contribution in [0.5, 0.6) is 5.75 Å². The van der Waals surface area contributed by atoms with E-state index in [1.165, 1.54) is 6.42 Å². The highest BCUT2D eigenvalue weighted by atomic mass is 16.5. The van der Waals surface area contributed by atoms with Crippen molar-refractivity contribution in [2.24, 2.45) is 5.92 Å². The largest absolute Gasteiger partial charge is 0.488 e. The Morgan fingerprint density at radius 1 is 1.00 bits per heavy atom. The Kier molecular flexibility index (Phi) is 4.93. The second kappa shape index (κ2) is 7.50. The van der Waals surface area contributed by atoms with Gasteiger partial charge in [-0.25, -0.2) is 0 Å². The number of nitrogens with zero attached hydrogens (tertiary/aromatic N) is 2. The molecule has 4 nitrogen and oxygen atoms in total. The number of carbonyl (C=O) groups is 1. The third-order valence-corrected chi connectivity index (χ3v) is 5.51. The molecule has 2 aromatic rings. The number of benzene rings is 2. The Balaban J connectivity index is 1.53. The summed E-state index contributed by atoms with van der Waals surface area (Å²) in [5.41, 5.74) is 1.78. The zero-order chi connectivity index (χ0) is 17.9. The Morgan fingerprint density at radius 2 is 1.77 bits per heavy atom. The molecule has 4 heteroatoms. The quantitative estimate of drug-likeness (QED) is 0.847. The summed E-state index contributed by atoms with van der Waals surface area (Å²) in [7, 11) is 2.16. The SMILES string of the molecule is CN1C[C@H]2CC[C@@H](C1)N(C(=O)c1ccccc1OCc1ccccc1)C2. The highest BCUT2D eigenvalue weighted by Gasteiger charge is 2.37. The minimum absolute atomic E-state index is 0.110. The monoisotopic (exact) mass is 350 g/mol. The molecule has 136 valence electrons. The van der Waals surface area contributed by atoms with E-state index in [0.29, 0.717) is 29.9 Å². The van der Waals surface area contributed by atoms with Gasteiger partial charge in [-0.3, -0.25) is 4.79 Å². The number of amides is 1. The van der Waals surface area contributed by atoms with Crippen LogP contribution in [0.15, 0.2) is 54.6 Å². The average molecular weight is 350 g/mol. The van der Waals surface area contributed by atoms with Crippen molar-refractivity contribution in [3.8, 4) is 5.75 Å². The number of hydrogen-bond donors (Lipinski definition) is 0. The second-order valence-electron chi connectivity index (χ2n) is 7.55. The van der Waals surface area contributed by atoms with Crippen molar-refractivity contribution in [1.29, 1.82) is 0 Å². The number of likely N-dealkylation sites (N-methyl/N-ethyl adjacent to an activating group) is 1. The lowest BCUT2D eigenvalue weighted by Gasteiger charge is -2.36. The van der Waals surface area contributed by atoms with Crippen LogP contribution in [0.3, 0.4) is 0 Å². The van der Waals surface area contributed by atoms with E-state index in [2.05, 4.69) is 16.8 Å². The number of ether oxygens (including phenoxy) is 1. The van der Waals surface area contributed by atoms with Crippen molar-refractivity contribution in [3.05, 3.63) is 65.7 Å². The van der Waals surface area contributed by atoms with Crippen molar-refractivity contribution in [1.82, 2.24) is 9.80 Å². The molecule has 3 heterocycles. The normalized spacial score (nSPS) is 22.9. The summed E-state index contributed by atoms with van der Waals surface area (Å²) in [6, 6.07) is 18.0. The van der Waals surface area contributed by atoms with Crippen LogP contribution in [-0.4, -0.2) is 48.4 Å². The number of rotatable bonds is 4. The average Bonchev–Trinajstić information content (AvgIpc) is 2.96. The Morgan fingerprint density at radius 3 is 2.62 bits per heavy atom. The molecule has 3 aliphatic heterocycles. The molecule has 2 atom stereocenters. The van der Waals surface area contributed by atoms with Crippen LogP contribution in [-0.2, 0) is 6.61 Å². The van der Waals surface area contributed by atoms with Crippen LogP contribution in [0, 0.1) is 5.92 Å². The molecule has 0 aliphatic carbocycles. The van der Waals surface area contributed by atoms with Gasteiger partial charge in [0.2, 0.25) is 0 Å². The fraction of sp³-hybridized carbons (Fsp3) is 0.409. The molecular weight excluding hydrogens is 324 g/mol. The molecule has 0 saturated carbocycles. The van der Waals surface area contributed by atoms with E-state index < -0.39 is 0 Å². The van der Waals surface area contributed by atoms with Gasteiger partial charge in [-0.15, -0.1) is 0 Å². The topological polar surface area (TPSA) is 32.8 Å². The van der Waals surface area contributed by atoms with E-state index >= 15 is 0 Å². The number of carbonyl (C=O) groups excluding carboxylic acids is 1. The molecule has 2 bridgehead atoms. The van der Waals surface area contributed by atoms with Crippen molar-refractivity contribution < 1.29 is 9.53 Å². The van der Waals surface area contributed by atoms with Gasteiger partial charge in [0.1, 0.15) is 12.4 Å². The molecule has 0 N–H and O–H groups in total. The molecule has 26 heavy (non-hydrogen) atoms. The molecule has 1 amide bonds. The Bertz CT molecular complexity index is 762. The molecule has 3 aliphatic rings. The zero-order valence-electron chi connectivity index (χ0n) is 15.3. The summed E-state index contributed by atoms with van der Waals surface area (Å²) in [6.45, 7) is 3.39. The summed E-state index contributed by atoms with van der Waals surface area (Å²) in [5, 5.41) is 0. The van der Waals surface area contributed by atoms with Gasteiger partial charge in [0.05, 0.1) is 5.56 Å². The van der Waals surface area contributed by atoms with Crippen molar-refractivity contribution in [3.63, 3.8) is 0 Å². The minimum Gasteiger partial charge on any atom is -0.488 e. The number of hydrogen-bond acceptors (Lipinski definition) is 3. The first kappa shape index (κ1) is 17.1. The minimum atomic E-state index is 0.110. The smallest absolute Gasteiger partial charge is 0.257 e. The number of para-hydroxylation sites is 1. The van der Waals surface area contributed by atoms with Crippen LogP contribution >= 0.6 is 0 Å². The molecule has 0 unspecified atom stereocenters. The first-order chi connectivity index (χ1) is 12.7. The van der Waals surface area contributed by atoms with E-state index in [1.807, 2.05) is 54.6 Å². The predicted octanol–water partition coefficient (Wildman–Crippen LogP) is 3.43. The zero-order valence-corrected chi connectivity index (χ0v) is 15.3. The van der Waals surface area contributed by atoms with Crippen LogP contribution in [0.1, 0.15) is 28.8 Å². The number of fused-ring (bicyclic) bond motifs is 4. The summed E-state index contributed by atoms with van der Waals surface area (Å²) in [4.78, 5) is 17.8. The van der Waals surface area contributed by atoms with E-state index in [9.17, 15) is 4.79 Å². The highest BCUT2D eigenvalue weighted by molar-refractivity contribution is 5.97. The highest BCUT2D eigenvalue weighted by Crippen LogP contribution is 2.30. The maximum absolute atomic E-state index is 13.3. The molecule has 2 aromatic carbocycles. The van der Waals surface area contributed by atoms with Gasteiger partial charge in [-0.05, 0) is 43.5 Å². The standard InChI is InChI=1S/C22H26N2O2/c1-23-13-18-11-12-19(15-23)24(14-18)22(25)20-9-5-6-10-21(20)26-16-17-7-3-2-4-8-17/h2-10,18-19H,11-16H2,1H3/t18-,19+/m1/s1. The van der Waals surface area contributed by atoms with E-state index in [1.54, 1.807) is 0 Å². The van der Waals surface area contributed by atoms with Gasteiger partial charge in [0, 0.05) is 25.7 Å². The predicted molar refractivity (Wildman–Crippen MR) is 102 cm³/mol. The summed E-state index contributed by atoms with van der Waals surface area (Å²) < 4.78 is 6.01. The van der Waals surface area contributed by atoms with Gasteiger partial charge in [0.25, 0.3) is 5.91 Å². The van der Waals surface area contributed by atoms with Crippen LogP contribution < -0.4 is 4.74 Å². The number of piperidine rings is 1. The molecule has 3 saturated heterocycles. The third-order valence-electron chi connectivity index (χ3n) is 5.51. The van der Waals surface area contributed by atoms with Gasteiger partial charge in [-0.1, -0.05) is 42.5 Å². The molecular formula is C22H26N2O2. The summed E-state index contributed by atoms with van der Waals surface area (Å²) in [6.07, 6.45) is 2.33. The fourth-order valence-corrected chi connectivity index (χ4v) is 4.22. The molecule has 0 aromatic heterocycles. The van der Waals surface area contributed by atoms with E-state index in [0.717, 1.165) is 31.6 Å². The summed E-state index contributed by atoms with van der Waals surface area (Å²) >= 11 is 0. The van der Waals surface area contributed by atoms with E-state index in [4.69, 9.17) is 4.74 Å². The fourth-order valence-electron chi connectivity index (χ4n) is 4.22. The first-order valence-corrected chi connectivity index (χ1v) is 9.46. The van der Waals surface area contributed by atoms with E-state index in [-0.39, 0.29) is 5.91 Å². The van der Waals surface area contributed by atoms with Crippen molar-refractivity contribution in [2.75, 3.05) is 26.7 Å². The lowest BCUT2D eigenvalue weighted by molar-refractivity contribution is 0.0582. The van der Waals surface area contributed by atoms with Crippen LogP contribution in [0.2, 0.25) is 0 Å². The van der Waals surface area contributed by atoms with Gasteiger partial charge >= 0.3 is 0 Å². The van der Waals surface area contributed by atoms with Crippen molar-refractivity contribution >= 4 is 5.91 Å². The third kappa shape index (κ3) is 3.61. The molecule has 0 radical (unpaired) electrons. The summed E-state index contributed by atoms with van der Waals surface area (Å²) in [5.74, 6) is 1.37. The van der Waals surface area contributed by atoms with Gasteiger partial charge in [-0.2, -0.15) is 0 Å².